The third-order valence-corrected chi connectivity index (χ3v) is 4.84. The first kappa shape index (κ1) is 17.6. The van der Waals surface area contributed by atoms with Crippen LogP contribution in [0.25, 0.3) is 0 Å². The molecule has 1 atom stereocenters. The van der Waals surface area contributed by atoms with Gasteiger partial charge in [-0.05, 0) is 41.6 Å². The summed E-state index contributed by atoms with van der Waals surface area (Å²) in [7, 11) is 0. The second-order valence-corrected chi connectivity index (χ2v) is 7.37. The standard InChI is InChI=1S/C15H9Br2F3OS/c16-11-5-1-9(2-6-11)13(21)14(22-15(18,19)20)10-3-7-12(17)8-4-10/h1-8,14H. The fourth-order valence-electron chi connectivity index (χ4n) is 1.81. The van der Waals surface area contributed by atoms with E-state index < -0.39 is 16.5 Å². The lowest BCUT2D eigenvalue weighted by Crippen LogP contribution is -2.15. The van der Waals surface area contributed by atoms with Crippen molar-refractivity contribution in [3.05, 3.63) is 68.6 Å². The van der Waals surface area contributed by atoms with E-state index in [1.807, 2.05) is 0 Å². The number of hydrogen-bond donors (Lipinski definition) is 0. The van der Waals surface area contributed by atoms with E-state index in [1.54, 1.807) is 24.3 Å². The maximum atomic E-state index is 12.8. The summed E-state index contributed by atoms with van der Waals surface area (Å²) in [6.07, 6.45) is 0. The Bertz CT molecular complexity index is 654. The fourth-order valence-corrected chi connectivity index (χ4v) is 3.14. The number of benzene rings is 2. The molecule has 0 bridgehead atoms. The van der Waals surface area contributed by atoms with Gasteiger partial charge in [-0.25, -0.2) is 0 Å². The predicted molar refractivity (Wildman–Crippen MR) is 89.0 cm³/mol. The number of thioether (sulfide) groups is 1. The van der Waals surface area contributed by atoms with E-state index in [9.17, 15) is 18.0 Å². The molecular weight excluding hydrogens is 445 g/mol. The van der Waals surface area contributed by atoms with Crippen LogP contribution in [0.2, 0.25) is 0 Å². The van der Waals surface area contributed by atoms with E-state index in [-0.39, 0.29) is 17.3 Å². The molecule has 1 unspecified atom stereocenters. The molecule has 0 N–H and O–H groups in total. The first-order valence-corrected chi connectivity index (χ1v) is 8.52. The zero-order chi connectivity index (χ0) is 16.3. The van der Waals surface area contributed by atoms with Crippen molar-refractivity contribution in [2.45, 2.75) is 10.8 Å². The summed E-state index contributed by atoms with van der Waals surface area (Å²) in [4.78, 5) is 12.5. The Morgan fingerprint density at radius 3 is 1.82 bits per heavy atom. The van der Waals surface area contributed by atoms with Crippen molar-refractivity contribution >= 4 is 49.4 Å². The Balaban J connectivity index is 2.37. The van der Waals surface area contributed by atoms with E-state index in [1.165, 1.54) is 24.3 Å². The monoisotopic (exact) mass is 452 g/mol. The molecular formula is C15H9Br2F3OS. The van der Waals surface area contributed by atoms with Gasteiger partial charge in [-0.1, -0.05) is 56.1 Å². The Morgan fingerprint density at radius 1 is 0.909 bits per heavy atom. The third-order valence-electron chi connectivity index (χ3n) is 2.79. The van der Waals surface area contributed by atoms with Crippen molar-refractivity contribution in [3.8, 4) is 0 Å². The number of rotatable bonds is 4. The molecule has 22 heavy (non-hydrogen) atoms. The Morgan fingerprint density at radius 2 is 1.36 bits per heavy atom. The third kappa shape index (κ3) is 4.86. The molecule has 2 aromatic rings. The molecule has 1 nitrogen and oxygen atoms in total. The quantitative estimate of drug-likeness (QED) is 0.499. The lowest BCUT2D eigenvalue weighted by molar-refractivity contribution is -0.0333. The normalized spacial score (nSPS) is 13.0. The number of hydrogen-bond acceptors (Lipinski definition) is 2. The molecule has 0 aliphatic rings. The van der Waals surface area contributed by atoms with E-state index in [0.717, 1.165) is 8.95 Å². The molecule has 0 aliphatic heterocycles. The molecule has 0 heterocycles. The average molecular weight is 454 g/mol. The summed E-state index contributed by atoms with van der Waals surface area (Å²) >= 11 is 6.15. The van der Waals surface area contributed by atoms with Gasteiger partial charge in [-0.3, -0.25) is 4.79 Å². The molecule has 0 aliphatic carbocycles. The van der Waals surface area contributed by atoms with Gasteiger partial charge in [0.25, 0.3) is 0 Å². The fraction of sp³-hybridized carbons (Fsp3) is 0.133. The van der Waals surface area contributed by atoms with Gasteiger partial charge in [0, 0.05) is 14.5 Å². The Hall–Kier alpha value is -0.790. The maximum Gasteiger partial charge on any atom is 0.442 e. The molecule has 7 heteroatoms. The molecule has 0 fully saturated rings. The molecule has 2 rings (SSSR count). The molecule has 2 aromatic carbocycles. The Kier molecular flexibility index (Phi) is 5.74. The highest BCUT2D eigenvalue weighted by atomic mass is 79.9. The van der Waals surface area contributed by atoms with Gasteiger partial charge in [0.1, 0.15) is 5.25 Å². The molecule has 0 radical (unpaired) electrons. The summed E-state index contributed by atoms with van der Waals surface area (Å²) in [5.41, 5.74) is -3.94. The minimum absolute atomic E-state index is 0.243. The van der Waals surface area contributed by atoms with E-state index in [0.29, 0.717) is 5.56 Å². The van der Waals surface area contributed by atoms with E-state index >= 15 is 0 Å². The van der Waals surface area contributed by atoms with Crippen LogP contribution in [0.1, 0.15) is 21.2 Å². The predicted octanol–water partition coefficient (Wildman–Crippen LogP) is 6.39. The van der Waals surface area contributed by atoms with Crippen LogP contribution >= 0.6 is 43.6 Å². The summed E-state index contributed by atoms with van der Waals surface area (Å²) in [5, 5.41) is -1.32. The zero-order valence-corrected chi connectivity index (χ0v) is 14.9. The van der Waals surface area contributed by atoms with Gasteiger partial charge >= 0.3 is 5.51 Å². The largest absolute Gasteiger partial charge is 0.442 e. The second kappa shape index (κ2) is 7.19. The number of ketones is 1. The average Bonchev–Trinajstić information content (AvgIpc) is 2.45. The second-order valence-electron chi connectivity index (χ2n) is 4.37. The van der Waals surface area contributed by atoms with Crippen LogP contribution in [0.15, 0.2) is 57.5 Å². The van der Waals surface area contributed by atoms with Crippen LogP contribution < -0.4 is 0 Å². The lowest BCUT2D eigenvalue weighted by atomic mass is 10.0. The van der Waals surface area contributed by atoms with Gasteiger partial charge in [-0.2, -0.15) is 13.2 Å². The number of halogens is 5. The molecule has 0 spiro atoms. The van der Waals surface area contributed by atoms with E-state index in [2.05, 4.69) is 31.9 Å². The van der Waals surface area contributed by atoms with Gasteiger partial charge in [0.2, 0.25) is 0 Å². The minimum atomic E-state index is -4.50. The summed E-state index contributed by atoms with van der Waals surface area (Å²) in [6, 6.07) is 12.6. The van der Waals surface area contributed by atoms with Crippen molar-refractivity contribution in [1.29, 1.82) is 0 Å². The van der Waals surface area contributed by atoms with Crippen LogP contribution in [-0.2, 0) is 0 Å². The van der Waals surface area contributed by atoms with Gasteiger partial charge in [0.15, 0.2) is 5.78 Å². The van der Waals surface area contributed by atoms with Crippen LogP contribution in [-0.4, -0.2) is 11.3 Å². The van der Waals surface area contributed by atoms with Crippen LogP contribution in [0, 0.1) is 0 Å². The minimum Gasteiger partial charge on any atom is -0.293 e. The molecule has 0 amide bonds. The summed E-state index contributed by atoms with van der Waals surface area (Å²) < 4.78 is 39.9. The first-order chi connectivity index (χ1) is 10.3. The summed E-state index contributed by atoms with van der Waals surface area (Å²) in [5.74, 6) is -0.572. The van der Waals surface area contributed by atoms with Gasteiger partial charge in [-0.15, -0.1) is 0 Å². The number of carbonyl (C=O) groups excluding carboxylic acids is 1. The number of alkyl halides is 3. The number of carbonyl (C=O) groups is 1. The van der Waals surface area contributed by atoms with Crippen LogP contribution in [0.5, 0.6) is 0 Å². The highest BCUT2D eigenvalue weighted by molar-refractivity contribution is 9.10. The Labute approximate surface area is 146 Å². The van der Waals surface area contributed by atoms with Crippen molar-refractivity contribution in [3.63, 3.8) is 0 Å². The van der Waals surface area contributed by atoms with Crippen molar-refractivity contribution in [2.24, 2.45) is 0 Å². The van der Waals surface area contributed by atoms with E-state index in [4.69, 9.17) is 0 Å². The van der Waals surface area contributed by atoms with Crippen LogP contribution in [0.4, 0.5) is 13.2 Å². The van der Waals surface area contributed by atoms with Gasteiger partial charge < -0.3 is 0 Å². The van der Waals surface area contributed by atoms with Crippen molar-refractivity contribution < 1.29 is 18.0 Å². The topological polar surface area (TPSA) is 17.1 Å². The molecule has 116 valence electrons. The SMILES string of the molecule is O=C(c1ccc(Br)cc1)C(SC(F)(F)F)c1ccc(Br)cc1. The highest BCUT2D eigenvalue weighted by Gasteiger charge is 2.37. The van der Waals surface area contributed by atoms with Gasteiger partial charge in [0.05, 0.1) is 0 Å². The highest BCUT2D eigenvalue weighted by Crippen LogP contribution is 2.43. The van der Waals surface area contributed by atoms with Crippen LogP contribution in [0.3, 0.4) is 0 Å². The summed E-state index contributed by atoms with van der Waals surface area (Å²) in [6.45, 7) is 0. The lowest BCUT2D eigenvalue weighted by Gasteiger charge is -2.18. The van der Waals surface area contributed by atoms with Crippen molar-refractivity contribution in [1.82, 2.24) is 0 Å². The first-order valence-electron chi connectivity index (χ1n) is 6.06. The maximum absolute atomic E-state index is 12.8. The molecule has 0 aromatic heterocycles. The van der Waals surface area contributed by atoms with Crippen molar-refractivity contribution in [2.75, 3.05) is 0 Å². The number of Topliss-reactive ketones (excluding diaryl/α,β-unsaturated/α-hetero) is 1. The smallest absolute Gasteiger partial charge is 0.293 e. The molecule has 0 saturated heterocycles. The zero-order valence-electron chi connectivity index (χ0n) is 10.9. The molecule has 0 saturated carbocycles.